The van der Waals surface area contributed by atoms with Crippen LogP contribution in [0.3, 0.4) is 0 Å². The summed E-state index contributed by atoms with van der Waals surface area (Å²) in [6, 6.07) is 8.91. The van der Waals surface area contributed by atoms with Crippen molar-refractivity contribution in [3.63, 3.8) is 0 Å². The first-order chi connectivity index (χ1) is 9.19. The number of hydrogen-bond donors (Lipinski definition) is 0. The highest BCUT2D eigenvalue weighted by molar-refractivity contribution is 5.79. The van der Waals surface area contributed by atoms with E-state index in [4.69, 9.17) is 9.68 Å². The van der Waals surface area contributed by atoms with Crippen molar-refractivity contribution in [2.45, 2.75) is 0 Å². The normalized spacial score (nSPS) is 10.5. The molecule has 3 rings (SSSR count). The summed E-state index contributed by atoms with van der Waals surface area (Å²) in [6.45, 7) is 0. The molecule has 6 heteroatoms. The predicted molar refractivity (Wildman–Crippen MR) is 67.2 cm³/mol. The van der Waals surface area contributed by atoms with E-state index in [9.17, 15) is 4.79 Å². The molecular formula is C13H8N4O2. The molecule has 0 aliphatic rings. The smallest absolute Gasteiger partial charge is 0.408 e. The van der Waals surface area contributed by atoms with Crippen LogP contribution in [0, 0.1) is 11.3 Å². The summed E-state index contributed by atoms with van der Waals surface area (Å²) >= 11 is 0. The van der Waals surface area contributed by atoms with Gasteiger partial charge in [-0.25, -0.2) is 14.8 Å². The number of nitriles is 1. The van der Waals surface area contributed by atoms with E-state index in [-0.39, 0.29) is 5.82 Å². The number of aryl methyl sites for hydroxylation is 1. The molecule has 6 nitrogen and oxygen atoms in total. The number of oxazole rings is 1. The average Bonchev–Trinajstić information content (AvgIpc) is 2.73. The van der Waals surface area contributed by atoms with E-state index in [1.54, 1.807) is 25.2 Å². The van der Waals surface area contributed by atoms with E-state index >= 15 is 0 Å². The van der Waals surface area contributed by atoms with E-state index in [1.807, 2.05) is 12.1 Å². The maximum Gasteiger partial charge on any atom is 0.419 e. The molecule has 0 atom stereocenters. The van der Waals surface area contributed by atoms with Gasteiger partial charge in [0.15, 0.2) is 5.58 Å². The Morgan fingerprint density at radius 3 is 3.00 bits per heavy atom. The van der Waals surface area contributed by atoms with Crippen molar-refractivity contribution in [2.75, 3.05) is 0 Å². The van der Waals surface area contributed by atoms with Crippen LogP contribution < -0.4 is 5.76 Å². The lowest BCUT2D eigenvalue weighted by molar-refractivity contribution is 0.528. The van der Waals surface area contributed by atoms with Gasteiger partial charge in [-0.05, 0) is 18.2 Å². The largest absolute Gasteiger partial charge is 0.419 e. The molecule has 19 heavy (non-hydrogen) atoms. The molecule has 0 saturated heterocycles. The molecule has 0 spiro atoms. The van der Waals surface area contributed by atoms with Crippen LogP contribution in [0.4, 0.5) is 0 Å². The van der Waals surface area contributed by atoms with Gasteiger partial charge in [0, 0.05) is 18.8 Å². The SMILES string of the molecule is Cn1c(=O)oc2cc(-c3ccnc(C#N)n3)ccc21. The van der Waals surface area contributed by atoms with E-state index < -0.39 is 5.76 Å². The van der Waals surface area contributed by atoms with Gasteiger partial charge in [0.2, 0.25) is 5.82 Å². The fourth-order valence-corrected chi connectivity index (χ4v) is 1.87. The molecule has 0 unspecified atom stereocenters. The van der Waals surface area contributed by atoms with Gasteiger partial charge in [-0.3, -0.25) is 4.57 Å². The summed E-state index contributed by atoms with van der Waals surface area (Å²) < 4.78 is 6.55. The number of fused-ring (bicyclic) bond motifs is 1. The van der Waals surface area contributed by atoms with E-state index in [0.29, 0.717) is 16.8 Å². The van der Waals surface area contributed by atoms with Gasteiger partial charge in [-0.2, -0.15) is 5.26 Å². The highest BCUT2D eigenvalue weighted by Crippen LogP contribution is 2.22. The van der Waals surface area contributed by atoms with Gasteiger partial charge < -0.3 is 4.42 Å². The molecule has 0 bridgehead atoms. The third-order valence-electron chi connectivity index (χ3n) is 2.84. The second-order valence-corrected chi connectivity index (χ2v) is 3.99. The number of aromatic nitrogens is 3. The molecule has 0 aliphatic carbocycles. The lowest BCUT2D eigenvalue weighted by Crippen LogP contribution is -2.08. The van der Waals surface area contributed by atoms with Gasteiger partial charge in [0.25, 0.3) is 0 Å². The van der Waals surface area contributed by atoms with Crippen molar-refractivity contribution < 1.29 is 4.42 Å². The molecule has 0 saturated carbocycles. The topological polar surface area (TPSA) is 84.7 Å². The van der Waals surface area contributed by atoms with Gasteiger partial charge in [-0.15, -0.1) is 0 Å². The Labute approximate surface area is 107 Å². The summed E-state index contributed by atoms with van der Waals surface area (Å²) in [7, 11) is 1.65. The summed E-state index contributed by atoms with van der Waals surface area (Å²) in [6.07, 6.45) is 1.52. The lowest BCUT2D eigenvalue weighted by Gasteiger charge is -2.00. The molecule has 0 aliphatic heterocycles. The highest BCUT2D eigenvalue weighted by Gasteiger charge is 2.08. The summed E-state index contributed by atoms with van der Waals surface area (Å²) in [4.78, 5) is 19.3. The standard InChI is InChI=1S/C13H8N4O2/c1-17-10-3-2-8(6-11(10)19-13(17)18)9-4-5-15-12(7-14)16-9/h2-6H,1H3. The summed E-state index contributed by atoms with van der Waals surface area (Å²) in [5.74, 6) is -0.306. The van der Waals surface area contributed by atoms with Crippen molar-refractivity contribution in [1.29, 1.82) is 5.26 Å². The van der Waals surface area contributed by atoms with Crippen LogP contribution in [-0.4, -0.2) is 14.5 Å². The van der Waals surface area contributed by atoms with Crippen molar-refractivity contribution in [1.82, 2.24) is 14.5 Å². The van der Waals surface area contributed by atoms with E-state index in [0.717, 1.165) is 5.56 Å². The first kappa shape index (κ1) is 11.2. The molecule has 92 valence electrons. The zero-order valence-corrected chi connectivity index (χ0v) is 9.99. The predicted octanol–water partition coefficient (Wildman–Crippen LogP) is 1.46. The van der Waals surface area contributed by atoms with Gasteiger partial charge >= 0.3 is 5.76 Å². The first-order valence-electron chi connectivity index (χ1n) is 5.52. The zero-order valence-electron chi connectivity index (χ0n) is 9.99. The third-order valence-corrected chi connectivity index (χ3v) is 2.84. The quantitative estimate of drug-likeness (QED) is 0.654. The Hall–Kier alpha value is -2.94. The number of benzene rings is 1. The van der Waals surface area contributed by atoms with Crippen LogP contribution in [0.5, 0.6) is 0 Å². The zero-order chi connectivity index (χ0) is 13.4. The Bertz CT molecular complexity index is 870. The molecular weight excluding hydrogens is 244 g/mol. The monoisotopic (exact) mass is 252 g/mol. The number of hydrogen-bond acceptors (Lipinski definition) is 5. The second-order valence-electron chi connectivity index (χ2n) is 3.99. The summed E-state index contributed by atoms with van der Waals surface area (Å²) in [5, 5.41) is 8.78. The van der Waals surface area contributed by atoms with Gasteiger partial charge in [0.1, 0.15) is 6.07 Å². The Kier molecular flexibility index (Phi) is 2.39. The van der Waals surface area contributed by atoms with Gasteiger partial charge in [-0.1, -0.05) is 6.07 Å². The Balaban J connectivity index is 2.20. The van der Waals surface area contributed by atoms with Crippen LogP contribution in [0.25, 0.3) is 22.4 Å². The number of rotatable bonds is 1. The Morgan fingerprint density at radius 2 is 2.21 bits per heavy atom. The minimum absolute atomic E-state index is 0.104. The first-order valence-corrected chi connectivity index (χ1v) is 5.52. The van der Waals surface area contributed by atoms with Crippen molar-refractivity contribution in [2.24, 2.45) is 7.05 Å². The van der Waals surface area contributed by atoms with Crippen LogP contribution >= 0.6 is 0 Å². The fraction of sp³-hybridized carbons (Fsp3) is 0.0769. The van der Waals surface area contributed by atoms with Gasteiger partial charge in [0.05, 0.1) is 11.2 Å². The molecule has 1 aromatic carbocycles. The highest BCUT2D eigenvalue weighted by atomic mass is 16.4. The molecule has 0 N–H and O–H groups in total. The fourth-order valence-electron chi connectivity index (χ4n) is 1.87. The second kappa shape index (κ2) is 4.07. The average molecular weight is 252 g/mol. The molecule has 0 amide bonds. The van der Waals surface area contributed by atoms with Crippen LogP contribution in [0.15, 0.2) is 39.7 Å². The van der Waals surface area contributed by atoms with Crippen molar-refractivity contribution in [3.05, 3.63) is 46.8 Å². The molecule has 0 radical (unpaired) electrons. The molecule has 0 fully saturated rings. The van der Waals surface area contributed by atoms with Crippen molar-refractivity contribution in [3.8, 4) is 17.3 Å². The van der Waals surface area contributed by atoms with Crippen molar-refractivity contribution >= 4 is 11.1 Å². The number of nitrogens with zero attached hydrogens (tertiary/aromatic N) is 4. The lowest BCUT2D eigenvalue weighted by atomic mass is 10.1. The van der Waals surface area contributed by atoms with E-state index in [2.05, 4.69) is 9.97 Å². The maximum atomic E-state index is 11.4. The van der Waals surface area contributed by atoms with E-state index in [1.165, 1.54) is 10.8 Å². The Morgan fingerprint density at radius 1 is 1.37 bits per heavy atom. The summed E-state index contributed by atoms with van der Waals surface area (Å²) in [5.41, 5.74) is 2.58. The van der Waals surface area contributed by atoms with Crippen LogP contribution in [0.1, 0.15) is 5.82 Å². The minimum atomic E-state index is -0.410. The third kappa shape index (κ3) is 1.77. The molecule has 2 heterocycles. The van der Waals surface area contributed by atoms with Crippen LogP contribution in [-0.2, 0) is 7.05 Å². The molecule has 3 aromatic rings. The molecule has 2 aromatic heterocycles. The maximum absolute atomic E-state index is 11.4. The minimum Gasteiger partial charge on any atom is -0.408 e. The van der Waals surface area contributed by atoms with Crippen LogP contribution in [0.2, 0.25) is 0 Å².